The monoisotopic (exact) mass is 1130 g/mol. The first-order valence-electron chi connectivity index (χ1n) is 37.0. The van der Waals surface area contributed by atoms with E-state index in [4.69, 9.17) is 4.74 Å². The minimum Gasteiger partial charge on any atom is -0.466 e. The standard InChI is InChI=1S/C74H145NO5/c1-3-5-7-9-11-13-15-17-19-21-23-27-31-34-38-42-46-50-54-58-62-66-72(77)71(70-76)75-73(78)67-63-59-55-51-47-43-39-35-32-28-25-24-26-29-33-37-41-45-49-53-57-61-65-69-80-74(79)68-64-60-56-52-48-44-40-36-30-22-20-18-16-14-12-10-8-6-4-2/h62,66,71-72,76-77H,3-61,63-65,67-70H2,1-2H3,(H,75,78)/b66-62+. The Labute approximate surface area is 501 Å². The second-order valence-electron chi connectivity index (χ2n) is 25.6. The van der Waals surface area contributed by atoms with Crippen molar-refractivity contribution in [2.75, 3.05) is 13.2 Å². The summed E-state index contributed by atoms with van der Waals surface area (Å²) in [5, 5.41) is 23.3. The summed E-state index contributed by atoms with van der Waals surface area (Å²) in [6, 6.07) is -0.628. The summed E-state index contributed by atoms with van der Waals surface area (Å²) in [6.45, 7) is 4.96. The van der Waals surface area contributed by atoms with E-state index in [9.17, 15) is 19.8 Å². The maximum Gasteiger partial charge on any atom is 0.305 e. The largest absolute Gasteiger partial charge is 0.466 e. The van der Waals surface area contributed by atoms with Gasteiger partial charge in [-0.1, -0.05) is 392 Å². The molecule has 6 nitrogen and oxygen atoms in total. The number of allylic oxidation sites excluding steroid dienone is 1. The van der Waals surface area contributed by atoms with Crippen LogP contribution in [0.1, 0.15) is 425 Å². The highest BCUT2D eigenvalue weighted by Gasteiger charge is 2.18. The molecule has 2 unspecified atom stereocenters. The number of aliphatic hydroxyl groups is 2. The molecule has 0 aliphatic rings. The topological polar surface area (TPSA) is 95.9 Å². The Hall–Kier alpha value is -1.40. The minimum atomic E-state index is -0.845. The smallest absolute Gasteiger partial charge is 0.305 e. The van der Waals surface area contributed by atoms with E-state index in [0.717, 1.165) is 38.5 Å². The third kappa shape index (κ3) is 65.7. The molecule has 0 aliphatic heterocycles. The molecule has 80 heavy (non-hydrogen) atoms. The molecular weight excluding hydrogens is 983 g/mol. The van der Waals surface area contributed by atoms with Crippen LogP contribution in [-0.2, 0) is 14.3 Å². The molecule has 1 amide bonds. The van der Waals surface area contributed by atoms with E-state index < -0.39 is 12.1 Å². The maximum atomic E-state index is 12.5. The van der Waals surface area contributed by atoms with Crippen LogP contribution in [0.15, 0.2) is 12.2 Å². The molecule has 0 fully saturated rings. The number of carbonyl (C=O) groups excluding carboxylic acids is 2. The van der Waals surface area contributed by atoms with Gasteiger partial charge in [-0.2, -0.15) is 0 Å². The van der Waals surface area contributed by atoms with Crippen molar-refractivity contribution in [3.05, 3.63) is 12.2 Å². The van der Waals surface area contributed by atoms with Crippen molar-refractivity contribution in [3.8, 4) is 0 Å². The van der Waals surface area contributed by atoms with Gasteiger partial charge in [0.1, 0.15) is 0 Å². The molecule has 0 aromatic rings. The minimum absolute atomic E-state index is 0.0200. The molecule has 0 saturated carbocycles. The fourth-order valence-corrected chi connectivity index (χ4v) is 11.9. The van der Waals surface area contributed by atoms with Gasteiger partial charge in [0.2, 0.25) is 5.91 Å². The van der Waals surface area contributed by atoms with E-state index in [0.29, 0.717) is 19.4 Å². The molecule has 476 valence electrons. The highest BCUT2D eigenvalue weighted by molar-refractivity contribution is 5.76. The average Bonchev–Trinajstić information content (AvgIpc) is 3.46. The molecule has 0 aromatic heterocycles. The van der Waals surface area contributed by atoms with Crippen LogP contribution < -0.4 is 5.32 Å². The Morgan fingerprint density at radius 2 is 0.575 bits per heavy atom. The van der Waals surface area contributed by atoms with E-state index in [1.54, 1.807) is 6.08 Å². The number of nitrogens with one attached hydrogen (secondary N) is 1. The Kier molecular flexibility index (Phi) is 68.9. The van der Waals surface area contributed by atoms with Crippen LogP contribution in [0.5, 0.6) is 0 Å². The number of esters is 1. The molecular formula is C74H145NO5. The summed E-state index contributed by atoms with van der Waals surface area (Å²) in [6.07, 6.45) is 87.3. The lowest BCUT2D eigenvalue weighted by molar-refractivity contribution is -0.143. The third-order valence-electron chi connectivity index (χ3n) is 17.6. The maximum absolute atomic E-state index is 12.5. The zero-order chi connectivity index (χ0) is 57.8. The summed E-state index contributed by atoms with van der Waals surface area (Å²) < 4.78 is 5.52. The molecule has 0 aromatic carbocycles. The van der Waals surface area contributed by atoms with Crippen LogP contribution in [0.2, 0.25) is 0 Å². The normalized spacial score (nSPS) is 12.5. The van der Waals surface area contributed by atoms with Crippen molar-refractivity contribution in [1.82, 2.24) is 5.32 Å². The molecule has 6 heteroatoms. The van der Waals surface area contributed by atoms with Gasteiger partial charge in [-0.3, -0.25) is 9.59 Å². The van der Waals surface area contributed by atoms with Crippen molar-refractivity contribution < 1.29 is 24.5 Å². The lowest BCUT2D eigenvalue weighted by atomic mass is 10.0. The average molecular weight is 1130 g/mol. The van der Waals surface area contributed by atoms with E-state index in [-0.39, 0.29) is 18.5 Å². The number of hydrogen-bond donors (Lipinski definition) is 3. The van der Waals surface area contributed by atoms with E-state index >= 15 is 0 Å². The second kappa shape index (κ2) is 70.1. The highest BCUT2D eigenvalue weighted by atomic mass is 16.5. The van der Waals surface area contributed by atoms with Crippen molar-refractivity contribution in [2.45, 2.75) is 437 Å². The first-order valence-corrected chi connectivity index (χ1v) is 37.0. The molecule has 0 rings (SSSR count). The third-order valence-corrected chi connectivity index (χ3v) is 17.6. The predicted octanol–water partition coefficient (Wildman–Crippen LogP) is 23.9. The van der Waals surface area contributed by atoms with Gasteiger partial charge in [-0.15, -0.1) is 0 Å². The first kappa shape index (κ1) is 78.6. The fraction of sp³-hybridized carbons (Fsp3) is 0.946. The van der Waals surface area contributed by atoms with Crippen LogP contribution in [0.25, 0.3) is 0 Å². The Balaban J connectivity index is 3.37. The molecule has 0 radical (unpaired) electrons. The molecule has 0 aliphatic carbocycles. The molecule has 0 bridgehead atoms. The fourth-order valence-electron chi connectivity index (χ4n) is 11.9. The number of aliphatic hydroxyl groups excluding tert-OH is 2. The van der Waals surface area contributed by atoms with Crippen molar-refractivity contribution >= 4 is 11.9 Å². The lowest BCUT2D eigenvalue weighted by Gasteiger charge is -2.20. The van der Waals surface area contributed by atoms with Crippen LogP contribution in [0, 0.1) is 0 Å². The molecule has 0 saturated heterocycles. The number of carbonyl (C=O) groups is 2. The van der Waals surface area contributed by atoms with Gasteiger partial charge in [-0.25, -0.2) is 0 Å². The number of unbranched alkanes of at least 4 members (excludes halogenated alkanes) is 59. The molecule has 0 spiro atoms. The van der Waals surface area contributed by atoms with Gasteiger partial charge in [0.25, 0.3) is 0 Å². The quantitative estimate of drug-likeness (QED) is 0.0320. The Bertz CT molecular complexity index is 1210. The zero-order valence-corrected chi connectivity index (χ0v) is 54.6. The van der Waals surface area contributed by atoms with Crippen LogP contribution in [0.4, 0.5) is 0 Å². The lowest BCUT2D eigenvalue weighted by Crippen LogP contribution is -2.45. The van der Waals surface area contributed by atoms with Crippen molar-refractivity contribution in [1.29, 1.82) is 0 Å². The summed E-state index contributed by atoms with van der Waals surface area (Å²) in [7, 11) is 0. The van der Waals surface area contributed by atoms with E-state index in [1.807, 2.05) is 6.08 Å². The van der Waals surface area contributed by atoms with Crippen LogP contribution >= 0.6 is 0 Å². The molecule has 3 N–H and O–H groups in total. The van der Waals surface area contributed by atoms with Crippen molar-refractivity contribution in [2.24, 2.45) is 0 Å². The zero-order valence-electron chi connectivity index (χ0n) is 54.6. The Morgan fingerprint density at radius 1 is 0.338 bits per heavy atom. The van der Waals surface area contributed by atoms with Crippen LogP contribution in [-0.4, -0.2) is 47.4 Å². The van der Waals surface area contributed by atoms with Crippen LogP contribution in [0.3, 0.4) is 0 Å². The summed E-state index contributed by atoms with van der Waals surface area (Å²) in [5.74, 6) is -0.0425. The number of rotatable bonds is 70. The SMILES string of the molecule is CCCCCCCCCCCCCCCCCCCCC/C=C/C(O)C(CO)NC(=O)CCCCCCCCCCCCCCCCCCCCCCCCCOC(=O)CCCCCCCCCCCCCCCCCCCCC. The Morgan fingerprint density at radius 3 is 0.850 bits per heavy atom. The van der Waals surface area contributed by atoms with E-state index in [2.05, 4.69) is 19.2 Å². The highest BCUT2D eigenvalue weighted by Crippen LogP contribution is 2.20. The number of hydrogen-bond acceptors (Lipinski definition) is 5. The second-order valence-corrected chi connectivity index (χ2v) is 25.6. The number of ether oxygens (including phenoxy) is 1. The predicted molar refractivity (Wildman–Crippen MR) is 352 cm³/mol. The molecule has 2 atom stereocenters. The number of amides is 1. The molecule has 0 heterocycles. The summed E-state index contributed by atoms with van der Waals surface area (Å²) in [4.78, 5) is 24.7. The van der Waals surface area contributed by atoms with Gasteiger partial charge in [0.15, 0.2) is 0 Å². The first-order chi connectivity index (χ1) is 39.5. The van der Waals surface area contributed by atoms with Gasteiger partial charge in [0.05, 0.1) is 25.4 Å². The van der Waals surface area contributed by atoms with Gasteiger partial charge >= 0.3 is 5.97 Å². The van der Waals surface area contributed by atoms with Gasteiger partial charge < -0.3 is 20.3 Å². The van der Waals surface area contributed by atoms with Gasteiger partial charge in [0, 0.05) is 12.8 Å². The summed E-state index contributed by atoms with van der Waals surface area (Å²) in [5.41, 5.74) is 0. The summed E-state index contributed by atoms with van der Waals surface area (Å²) >= 11 is 0. The van der Waals surface area contributed by atoms with Gasteiger partial charge in [-0.05, 0) is 32.1 Å². The van der Waals surface area contributed by atoms with E-state index in [1.165, 1.54) is 360 Å². The van der Waals surface area contributed by atoms with Crippen molar-refractivity contribution in [3.63, 3.8) is 0 Å².